The Hall–Kier alpha value is -0.370. The number of allylic oxidation sites excluding steroid dienone is 4. The lowest BCUT2D eigenvalue weighted by Gasteiger charge is -2.25. The number of halogens is 1. The average molecular weight is 227 g/mol. The van der Waals surface area contributed by atoms with Gasteiger partial charge in [-0.1, -0.05) is 22.0 Å². The summed E-state index contributed by atoms with van der Waals surface area (Å²) in [7, 11) is 0. The third-order valence-electron chi connectivity index (χ3n) is 2.61. The molecule has 0 heterocycles. The fourth-order valence-corrected chi connectivity index (χ4v) is 2.38. The number of carbonyl (C=O) groups is 1. The van der Waals surface area contributed by atoms with Crippen LogP contribution in [-0.2, 0) is 4.79 Å². The van der Waals surface area contributed by atoms with Gasteiger partial charge >= 0.3 is 0 Å². The topological polar surface area (TPSA) is 17.1 Å². The average Bonchev–Trinajstić information content (AvgIpc) is 2.07. The van der Waals surface area contributed by atoms with E-state index in [1.54, 1.807) is 0 Å². The van der Waals surface area contributed by atoms with E-state index in [9.17, 15) is 4.79 Å². The van der Waals surface area contributed by atoms with Crippen molar-refractivity contribution < 1.29 is 4.79 Å². The van der Waals surface area contributed by atoms with Gasteiger partial charge in [-0.2, -0.15) is 0 Å². The summed E-state index contributed by atoms with van der Waals surface area (Å²) in [6.07, 6.45) is 8.21. The minimum atomic E-state index is 0.358. The zero-order valence-electron chi connectivity index (χ0n) is 6.85. The predicted octanol–water partition coefficient (Wildman–Crippen LogP) is 2.96. The second-order valence-corrected chi connectivity index (χ2v) is 4.35. The van der Waals surface area contributed by atoms with Crippen LogP contribution >= 0.6 is 15.9 Å². The Labute approximate surface area is 80.7 Å². The molecule has 0 N–H and O–H groups in total. The molecule has 0 radical (unpaired) electrons. The molecule has 0 aromatic rings. The Kier molecular flexibility index (Phi) is 2.18. The molecule has 1 fully saturated rings. The molecule has 0 spiro atoms. The summed E-state index contributed by atoms with van der Waals surface area (Å²) in [5, 5.41) is 0. The van der Waals surface area contributed by atoms with Gasteiger partial charge in [0.05, 0.1) is 0 Å². The Morgan fingerprint density at radius 3 is 3.17 bits per heavy atom. The van der Waals surface area contributed by atoms with Gasteiger partial charge in [0.2, 0.25) is 0 Å². The van der Waals surface area contributed by atoms with Gasteiger partial charge in [0.15, 0.2) is 5.78 Å². The normalized spacial score (nSPS) is 29.1. The van der Waals surface area contributed by atoms with Gasteiger partial charge in [0.25, 0.3) is 0 Å². The molecule has 2 rings (SSSR count). The van der Waals surface area contributed by atoms with E-state index in [0.717, 1.165) is 29.3 Å². The van der Waals surface area contributed by atoms with Gasteiger partial charge in [-0.15, -0.1) is 0 Å². The maximum Gasteiger partial charge on any atom is 0.159 e. The number of hydrogen-bond acceptors (Lipinski definition) is 1. The van der Waals surface area contributed by atoms with E-state index in [0.29, 0.717) is 11.7 Å². The minimum absolute atomic E-state index is 0.358. The maximum atomic E-state index is 11.5. The third kappa shape index (κ3) is 1.40. The van der Waals surface area contributed by atoms with Gasteiger partial charge in [-0.25, -0.2) is 0 Å². The Bertz CT molecular complexity index is 276. The van der Waals surface area contributed by atoms with Crippen LogP contribution in [-0.4, -0.2) is 5.78 Å². The SMILES string of the molecule is O=C1CCCC2CC=C(Br)C=C12. The molecule has 12 heavy (non-hydrogen) atoms. The fraction of sp³-hybridized carbons (Fsp3) is 0.500. The maximum absolute atomic E-state index is 11.5. The summed E-state index contributed by atoms with van der Waals surface area (Å²) < 4.78 is 1.07. The van der Waals surface area contributed by atoms with Crippen LogP contribution in [0.1, 0.15) is 25.7 Å². The van der Waals surface area contributed by atoms with E-state index in [1.807, 2.05) is 6.08 Å². The van der Waals surface area contributed by atoms with Crippen LogP contribution in [0.15, 0.2) is 22.2 Å². The number of ketones is 1. The van der Waals surface area contributed by atoms with Crippen molar-refractivity contribution in [2.75, 3.05) is 0 Å². The van der Waals surface area contributed by atoms with Crippen LogP contribution in [0, 0.1) is 5.92 Å². The van der Waals surface area contributed by atoms with Crippen LogP contribution in [0.25, 0.3) is 0 Å². The lowest BCUT2D eigenvalue weighted by Crippen LogP contribution is -2.20. The molecule has 1 atom stereocenters. The summed E-state index contributed by atoms with van der Waals surface area (Å²) >= 11 is 3.41. The van der Waals surface area contributed by atoms with Crippen molar-refractivity contribution in [2.24, 2.45) is 5.92 Å². The van der Waals surface area contributed by atoms with Crippen molar-refractivity contribution in [3.63, 3.8) is 0 Å². The highest BCUT2D eigenvalue weighted by Gasteiger charge is 2.26. The highest BCUT2D eigenvalue weighted by Crippen LogP contribution is 2.35. The Morgan fingerprint density at radius 1 is 1.50 bits per heavy atom. The molecular formula is C10H11BrO. The van der Waals surface area contributed by atoms with E-state index >= 15 is 0 Å². The van der Waals surface area contributed by atoms with Crippen LogP contribution in [0.3, 0.4) is 0 Å². The highest BCUT2D eigenvalue weighted by atomic mass is 79.9. The second kappa shape index (κ2) is 3.17. The second-order valence-electron chi connectivity index (χ2n) is 3.44. The first-order valence-electron chi connectivity index (χ1n) is 4.38. The molecule has 0 aliphatic heterocycles. The Morgan fingerprint density at radius 2 is 2.33 bits per heavy atom. The summed E-state index contributed by atoms with van der Waals surface area (Å²) in [5.41, 5.74) is 1.05. The van der Waals surface area contributed by atoms with E-state index in [1.165, 1.54) is 6.42 Å². The molecule has 64 valence electrons. The molecule has 0 aromatic heterocycles. The molecule has 1 unspecified atom stereocenters. The van der Waals surface area contributed by atoms with Crippen molar-refractivity contribution in [1.29, 1.82) is 0 Å². The van der Waals surface area contributed by atoms with Gasteiger partial charge in [-0.05, 0) is 36.8 Å². The standard InChI is InChI=1S/C10H11BrO/c11-8-5-4-7-2-1-3-10(12)9(7)6-8/h5-7H,1-4H2. The van der Waals surface area contributed by atoms with Gasteiger partial charge < -0.3 is 0 Å². The molecule has 1 nitrogen and oxygen atoms in total. The largest absolute Gasteiger partial charge is 0.295 e. The summed E-state index contributed by atoms with van der Waals surface area (Å²) in [6, 6.07) is 0. The molecule has 0 amide bonds. The molecule has 0 bridgehead atoms. The summed E-state index contributed by atoms with van der Waals surface area (Å²) in [5.74, 6) is 0.879. The number of rotatable bonds is 0. The summed E-state index contributed by atoms with van der Waals surface area (Å²) in [4.78, 5) is 11.5. The first-order valence-corrected chi connectivity index (χ1v) is 5.17. The summed E-state index contributed by atoms with van der Waals surface area (Å²) in [6.45, 7) is 0. The van der Waals surface area contributed by atoms with Crippen molar-refractivity contribution >= 4 is 21.7 Å². The number of carbonyl (C=O) groups excluding carboxylic acids is 1. The lowest BCUT2D eigenvalue weighted by atomic mass is 9.79. The predicted molar refractivity (Wildman–Crippen MR) is 52.1 cm³/mol. The number of hydrogen-bond donors (Lipinski definition) is 0. The Balaban J connectivity index is 2.29. The van der Waals surface area contributed by atoms with Gasteiger partial charge in [-0.3, -0.25) is 4.79 Å². The lowest BCUT2D eigenvalue weighted by molar-refractivity contribution is -0.117. The van der Waals surface area contributed by atoms with Gasteiger partial charge in [0.1, 0.15) is 0 Å². The van der Waals surface area contributed by atoms with Crippen LogP contribution in [0.4, 0.5) is 0 Å². The molecule has 2 heteroatoms. The fourth-order valence-electron chi connectivity index (χ4n) is 1.94. The van der Waals surface area contributed by atoms with Crippen LogP contribution < -0.4 is 0 Å². The molecule has 0 saturated heterocycles. The number of fused-ring (bicyclic) bond motifs is 1. The van der Waals surface area contributed by atoms with Crippen LogP contribution in [0.5, 0.6) is 0 Å². The van der Waals surface area contributed by atoms with Crippen molar-refractivity contribution in [3.8, 4) is 0 Å². The van der Waals surface area contributed by atoms with E-state index < -0.39 is 0 Å². The number of Topliss-reactive ketones (excluding diaryl/α,β-unsaturated/α-hetero) is 1. The molecule has 1 saturated carbocycles. The first kappa shape index (κ1) is 8.24. The van der Waals surface area contributed by atoms with Crippen LogP contribution in [0.2, 0.25) is 0 Å². The van der Waals surface area contributed by atoms with Crippen molar-refractivity contribution in [1.82, 2.24) is 0 Å². The smallest absolute Gasteiger partial charge is 0.159 e. The zero-order chi connectivity index (χ0) is 8.55. The van der Waals surface area contributed by atoms with E-state index in [-0.39, 0.29) is 0 Å². The third-order valence-corrected chi connectivity index (χ3v) is 3.16. The zero-order valence-corrected chi connectivity index (χ0v) is 8.43. The quantitative estimate of drug-likeness (QED) is 0.621. The minimum Gasteiger partial charge on any atom is -0.295 e. The highest BCUT2D eigenvalue weighted by molar-refractivity contribution is 9.11. The molecule has 2 aliphatic carbocycles. The first-order chi connectivity index (χ1) is 5.77. The molecular weight excluding hydrogens is 216 g/mol. The van der Waals surface area contributed by atoms with Crippen molar-refractivity contribution in [3.05, 3.63) is 22.2 Å². The van der Waals surface area contributed by atoms with E-state index in [2.05, 4.69) is 22.0 Å². The molecule has 2 aliphatic rings. The molecule has 0 aromatic carbocycles. The monoisotopic (exact) mass is 226 g/mol. The van der Waals surface area contributed by atoms with Crippen molar-refractivity contribution in [2.45, 2.75) is 25.7 Å². The van der Waals surface area contributed by atoms with E-state index in [4.69, 9.17) is 0 Å². The van der Waals surface area contributed by atoms with Gasteiger partial charge in [0, 0.05) is 10.9 Å².